The second-order valence-electron chi connectivity index (χ2n) is 3.46. The second-order valence-corrected chi connectivity index (χ2v) is 6.46. The van der Waals surface area contributed by atoms with E-state index >= 15 is 0 Å². The first kappa shape index (κ1) is 13.1. The average molecular weight is 287 g/mol. The highest BCUT2D eigenvalue weighted by atomic mass is 32.2. The van der Waals surface area contributed by atoms with Crippen LogP contribution in [0.15, 0.2) is 29.6 Å². The number of thiazole rings is 1. The van der Waals surface area contributed by atoms with Gasteiger partial charge in [-0.1, -0.05) is 0 Å². The van der Waals surface area contributed by atoms with Crippen LogP contribution < -0.4 is 4.72 Å². The van der Waals surface area contributed by atoms with Crippen LogP contribution in [-0.4, -0.2) is 18.4 Å². The molecule has 0 aromatic carbocycles. The van der Waals surface area contributed by atoms with Crippen LogP contribution in [0.2, 0.25) is 0 Å². The summed E-state index contributed by atoms with van der Waals surface area (Å²) in [5.74, 6) is -0.870. The van der Waals surface area contributed by atoms with Crippen molar-refractivity contribution >= 4 is 21.4 Å². The van der Waals surface area contributed by atoms with Gasteiger partial charge in [-0.3, -0.25) is 0 Å². The summed E-state index contributed by atoms with van der Waals surface area (Å²) in [6.45, 7) is 1.89. The zero-order chi connectivity index (χ0) is 13.2. The Balaban J connectivity index is 2.16. The Labute approximate surface area is 108 Å². The smallest absolute Gasteiger partial charge is 0.250 e. The normalized spacial score (nSPS) is 11.7. The molecule has 2 aromatic rings. The number of pyridine rings is 1. The van der Waals surface area contributed by atoms with E-state index in [0.29, 0.717) is 0 Å². The number of sulfonamides is 1. The van der Waals surface area contributed by atoms with E-state index in [1.165, 1.54) is 23.6 Å². The first-order valence-electron chi connectivity index (χ1n) is 5.00. The minimum absolute atomic E-state index is 0.0733. The summed E-state index contributed by atoms with van der Waals surface area (Å²) < 4.78 is 39.2. The lowest BCUT2D eigenvalue weighted by Gasteiger charge is -2.04. The number of nitrogens with zero attached hydrogens (tertiary/aromatic N) is 2. The van der Waals surface area contributed by atoms with E-state index in [-0.39, 0.29) is 6.54 Å². The molecule has 2 heterocycles. The zero-order valence-corrected chi connectivity index (χ0v) is 11.1. The molecule has 0 radical (unpaired) electrons. The molecule has 2 rings (SSSR count). The van der Waals surface area contributed by atoms with E-state index in [9.17, 15) is 12.8 Å². The van der Waals surface area contributed by atoms with Crippen molar-refractivity contribution in [2.75, 3.05) is 0 Å². The number of aromatic nitrogens is 2. The van der Waals surface area contributed by atoms with Crippen LogP contribution >= 0.6 is 11.3 Å². The highest BCUT2D eigenvalue weighted by molar-refractivity contribution is 7.89. The largest absolute Gasteiger partial charge is 0.261 e. The fraction of sp³-hybridized carbons (Fsp3) is 0.200. The van der Waals surface area contributed by atoms with Crippen molar-refractivity contribution in [3.05, 3.63) is 40.2 Å². The molecule has 0 saturated carbocycles. The lowest BCUT2D eigenvalue weighted by molar-refractivity contribution is 0.544. The third-order valence-corrected chi connectivity index (χ3v) is 4.33. The van der Waals surface area contributed by atoms with Crippen LogP contribution in [-0.2, 0) is 16.6 Å². The van der Waals surface area contributed by atoms with E-state index in [1.54, 1.807) is 6.20 Å². The minimum Gasteiger partial charge on any atom is -0.250 e. The van der Waals surface area contributed by atoms with Crippen molar-refractivity contribution in [3.63, 3.8) is 0 Å². The number of nitrogens with one attached hydrogen (secondary N) is 1. The van der Waals surface area contributed by atoms with E-state index in [2.05, 4.69) is 14.7 Å². The molecular weight excluding hydrogens is 277 g/mol. The zero-order valence-electron chi connectivity index (χ0n) is 9.42. The fourth-order valence-electron chi connectivity index (χ4n) is 1.29. The summed E-state index contributed by atoms with van der Waals surface area (Å²) in [7, 11) is -3.94. The van der Waals surface area contributed by atoms with Crippen molar-refractivity contribution in [1.82, 2.24) is 14.7 Å². The minimum atomic E-state index is -3.94. The maximum atomic E-state index is 13.3. The van der Waals surface area contributed by atoms with Crippen molar-refractivity contribution in [2.45, 2.75) is 18.5 Å². The topological polar surface area (TPSA) is 72.0 Å². The number of halogens is 1. The predicted octanol–water partition coefficient (Wildman–Crippen LogP) is 1.46. The molecule has 0 spiro atoms. The molecule has 18 heavy (non-hydrogen) atoms. The first-order chi connectivity index (χ1) is 8.49. The van der Waals surface area contributed by atoms with E-state index in [1.807, 2.05) is 6.92 Å². The van der Waals surface area contributed by atoms with Gasteiger partial charge < -0.3 is 0 Å². The Bertz CT molecular complexity index is 655. The standard InChI is InChI=1S/C10H10FN3O2S2/c1-7-13-5-8(17-7)6-14-18(15,16)10-9(11)3-2-4-12-10/h2-5,14H,6H2,1H3. The van der Waals surface area contributed by atoms with Crippen molar-refractivity contribution < 1.29 is 12.8 Å². The Morgan fingerprint density at radius 3 is 2.83 bits per heavy atom. The van der Waals surface area contributed by atoms with Crippen molar-refractivity contribution in [2.24, 2.45) is 0 Å². The van der Waals surface area contributed by atoms with Gasteiger partial charge in [-0.2, -0.15) is 0 Å². The Hall–Kier alpha value is -1.38. The number of hydrogen-bond donors (Lipinski definition) is 1. The van der Waals surface area contributed by atoms with Gasteiger partial charge in [-0.15, -0.1) is 11.3 Å². The maximum absolute atomic E-state index is 13.3. The molecule has 2 aromatic heterocycles. The number of rotatable bonds is 4. The lowest BCUT2D eigenvalue weighted by Crippen LogP contribution is -2.24. The van der Waals surface area contributed by atoms with Gasteiger partial charge in [0.15, 0.2) is 5.82 Å². The highest BCUT2D eigenvalue weighted by Gasteiger charge is 2.20. The molecule has 0 saturated heterocycles. The Morgan fingerprint density at radius 2 is 2.22 bits per heavy atom. The highest BCUT2D eigenvalue weighted by Crippen LogP contribution is 2.14. The molecule has 1 N–H and O–H groups in total. The molecule has 0 aliphatic carbocycles. The third-order valence-electron chi connectivity index (χ3n) is 2.08. The summed E-state index contributed by atoms with van der Waals surface area (Å²) in [6.07, 6.45) is 2.81. The maximum Gasteiger partial charge on any atom is 0.261 e. The van der Waals surface area contributed by atoms with Crippen LogP contribution in [0.5, 0.6) is 0 Å². The van der Waals surface area contributed by atoms with Gasteiger partial charge in [0.25, 0.3) is 10.0 Å². The molecule has 0 atom stereocenters. The third kappa shape index (κ3) is 2.89. The molecule has 5 nitrogen and oxygen atoms in total. The monoisotopic (exact) mass is 287 g/mol. The van der Waals surface area contributed by atoms with E-state index in [0.717, 1.165) is 16.0 Å². The van der Waals surface area contributed by atoms with Crippen LogP contribution in [0.1, 0.15) is 9.88 Å². The fourth-order valence-corrected chi connectivity index (χ4v) is 3.12. The van der Waals surface area contributed by atoms with Gasteiger partial charge >= 0.3 is 0 Å². The summed E-state index contributed by atoms with van der Waals surface area (Å²) in [4.78, 5) is 8.29. The molecule has 0 aliphatic rings. The quantitative estimate of drug-likeness (QED) is 0.924. The first-order valence-corrected chi connectivity index (χ1v) is 7.30. The lowest BCUT2D eigenvalue weighted by atomic mass is 10.5. The molecule has 0 aliphatic heterocycles. The van der Waals surface area contributed by atoms with Gasteiger partial charge in [0.1, 0.15) is 0 Å². The van der Waals surface area contributed by atoms with Gasteiger partial charge in [-0.05, 0) is 19.1 Å². The van der Waals surface area contributed by atoms with Gasteiger partial charge in [0, 0.05) is 23.8 Å². The van der Waals surface area contributed by atoms with Gasteiger partial charge in [0.05, 0.1) is 5.01 Å². The summed E-state index contributed by atoms with van der Waals surface area (Å²) >= 11 is 1.38. The van der Waals surface area contributed by atoms with Crippen LogP contribution in [0.4, 0.5) is 4.39 Å². The summed E-state index contributed by atoms with van der Waals surface area (Å²) in [5, 5.41) is 0.249. The molecule has 0 bridgehead atoms. The van der Waals surface area contributed by atoms with E-state index < -0.39 is 20.9 Å². The summed E-state index contributed by atoms with van der Waals surface area (Å²) in [6, 6.07) is 2.39. The SMILES string of the molecule is Cc1ncc(CNS(=O)(=O)c2ncccc2F)s1. The average Bonchev–Trinajstić information content (AvgIpc) is 2.73. The predicted molar refractivity (Wildman–Crippen MR) is 65.1 cm³/mol. The molecule has 96 valence electrons. The summed E-state index contributed by atoms with van der Waals surface area (Å²) in [5.41, 5.74) is 0. The Morgan fingerprint density at radius 1 is 1.44 bits per heavy atom. The Kier molecular flexibility index (Phi) is 3.69. The van der Waals surface area contributed by atoms with Gasteiger partial charge in [-0.25, -0.2) is 27.5 Å². The van der Waals surface area contributed by atoms with Crippen LogP contribution in [0.25, 0.3) is 0 Å². The van der Waals surface area contributed by atoms with Gasteiger partial charge in [0.2, 0.25) is 5.03 Å². The number of aryl methyl sites for hydroxylation is 1. The molecular formula is C10H10FN3O2S2. The van der Waals surface area contributed by atoms with Crippen molar-refractivity contribution in [1.29, 1.82) is 0 Å². The molecule has 8 heteroatoms. The molecule has 0 amide bonds. The molecule has 0 fully saturated rings. The van der Waals surface area contributed by atoms with Crippen LogP contribution in [0, 0.1) is 12.7 Å². The van der Waals surface area contributed by atoms with Crippen LogP contribution in [0.3, 0.4) is 0 Å². The van der Waals surface area contributed by atoms with E-state index in [4.69, 9.17) is 0 Å². The van der Waals surface area contributed by atoms with Crippen molar-refractivity contribution in [3.8, 4) is 0 Å². The molecule has 0 unspecified atom stereocenters. The second kappa shape index (κ2) is 5.09. The number of hydrogen-bond acceptors (Lipinski definition) is 5.